The highest BCUT2D eigenvalue weighted by Crippen LogP contribution is 2.20. The lowest BCUT2D eigenvalue weighted by Crippen LogP contribution is -2.15. The minimum absolute atomic E-state index is 0.0682. The van der Waals surface area contributed by atoms with Gasteiger partial charge >= 0.3 is 0 Å². The van der Waals surface area contributed by atoms with Gasteiger partial charge in [0.1, 0.15) is 12.1 Å². The Bertz CT molecular complexity index is 1350. The molecule has 0 fully saturated rings. The molecule has 2 aromatic heterocycles. The molecule has 2 aromatic carbocycles. The van der Waals surface area contributed by atoms with Gasteiger partial charge < -0.3 is 5.32 Å². The number of nitrogens with zero attached hydrogens (tertiary/aromatic N) is 3. The first kappa shape index (κ1) is 21.3. The van der Waals surface area contributed by atoms with E-state index < -0.39 is 10.0 Å². The van der Waals surface area contributed by atoms with Crippen molar-refractivity contribution in [3.8, 4) is 5.82 Å². The summed E-state index contributed by atoms with van der Waals surface area (Å²) in [5.74, 6) is 0.305. The van der Waals surface area contributed by atoms with Gasteiger partial charge in [-0.25, -0.2) is 18.4 Å². The number of aryl methyl sites for hydroxylation is 2. The van der Waals surface area contributed by atoms with E-state index in [-0.39, 0.29) is 10.8 Å². The van der Waals surface area contributed by atoms with Crippen LogP contribution in [0.2, 0.25) is 0 Å². The van der Waals surface area contributed by atoms with Gasteiger partial charge in [-0.3, -0.25) is 14.1 Å². The molecule has 0 radical (unpaired) electrons. The monoisotopic (exact) mass is 447 g/mol. The van der Waals surface area contributed by atoms with Crippen molar-refractivity contribution >= 4 is 27.3 Å². The molecule has 0 spiro atoms. The third-order valence-corrected chi connectivity index (χ3v) is 6.36. The van der Waals surface area contributed by atoms with Crippen LogP contribution >= 0.6 is 0 Å². The molecule has 0 aliphatic rings. The van der Waals surface area contributed by atoms with E-state index in [9.17, 15) is 13.2 Å². The highest BCUT2D eigenvalue weighted by atomic mass is 32.2. The predicted octanol–water partition coefficient (Wildman–Crippen LogP) is 3.94. The zero-order chi connectivity index (χ0) is 22.7. The standard InChI is InChI=1S/C23H21N5O3S/c1-16-3-6-19(13-17(16)2)27-32(30,31)21-8-4-18(5-9-21)23(29)26-20-7-10-22(25-14-20)28-12-11-24-15-28/h3-15,27H,1-2H3,(H,26,29). The lowest BCUT2D eigenvalue weighted by molar-refractivity contribution is 0.102. The molecule has 4 rings (SSSR count). The maximum atomic E-state index is 12.7. The first-order chi connectivity index (χ1) is 15.3. The average Bonchev–Trinajstić information content (AvgIpc) is 3.32. The number of benzene rings is 2. The molecule has 0 unspecified atom stereocenters. The quantitative estimate of drug-likeness (QED) is 0.466. The summed E-state index contributed by atoms with van der Waals surface area (Å²) in [6.45, 7) is 3.88. The fraction of sp³-hybridized carbons (Fsp3) is 0.0870. The Labute approximate surface area is 186 Å². The number of pyridine rings is 1. The molecular weight excluding hydrogens is 426 g/mol. The second-order valence-electron chi connectivity index (χ2n) is 7.26. The van der Waals surface area contributed by atoms with Crippen LogP contribution in [0.25, 0.3) is 5.82 Å². The molecule has 2 heterocycles. The molecule has 8 nitrogen and oxygen atoms in total. The summed E-state index contributed by atoms with van der Waals surface area (Å²) in [4.78, 5) is 20.9. The summed E-state index contributed by atoms with van der Waals surface area (Å²) >= 11 is 0. The molecule has 1 amide bonds. The van der Waals surface area contributed by atoms with E-state index in [0.29, 0.717) is 22.8 Å². The van der Waals surface area contributed by atoms with E-state index in [1.54, 1.807) is 53.8 Å². The summed E-state index contributed by atoms with van der Waals surface area (Å²) < 4.78 is 29.7. The topological polar surface area (TPSA) is 106 Å². The van der Waals surface area contributed by atoms with Crippen molar-refractivity contribution in [3.05, 3.63) is 96.2 Å². The van der Waals surface area contributed by atoms with Gasteiger partial charge in [-0.05, 0) is 73.5 Å². The Morgan fingerprint density at radius 1 is 0.938 bits per heavy atom. The number of hydrogen-bond donors (Lipinski definition) is 2. The van der Waals surface area contributed by atoms with Gasteiger partial charge in [-0.15, -0.1) is 0 Å². The average molecular weight is 448 g/mol. The van der Waals surface area contributed by atoms with E-state index in [0.717, 1.165) is 11.1 Å². The van der Waals surface area contributed by atoms with Gasteiger partial charge in [0, 0.05) is 23.6 Å². The van der Waals surface area contributed by atoms with Crippen molar-refractivity contribution in [2.24, 2.45) is 0 Å². The molecule has 2 N–H and O–H groups in total. The van der Waals surface area contributed by atoms with E-state index in [1.807, 2.05) is 19.9 Å². The van der Waals surface area contributed by atoms with Crippen LogP contribution in [0.4, 0.5) is 11.4 Å². The summed E-state index contributed by atoms with van der Waals surface area (Å²) in [6, 6.07) is 14.6. The zero-order valence-electron chi connectivity index (χ0n) is 17.5. The maximum Gasteiger partial charge on any atom is 0.261 e. The highest BCUT2D eigenvalue weighted by Gasteiger charge is 2.16. The van der Waals surface area contributed by atoms with Crippen molar-refractivity contribution in [1.29, 1.82) is 0 Å². The minimum Gasteiger partial charge on any atom is -0.321 e. The first-order valence-corrected chi connectivity index (χ1v) is 11.3. The van der Waals surface area contributed by atoms with Crippen LogP contribution < -0.4 is 10.0 Å². The van der Waals surface area contributed by atoms with E-state index >= 15 is 0 Å². The van der Waals surface area contributed by atoms with Crippen LogP contribution in [0, 0.1) is 13.8 Å². The minimum atomic E-state index is -3.77. The Hall–Kier alpha value is -3.98. The summed E-state index contributed by atoms with van der Waals surface area (Å²) in [6.07, 6.45) is 6.59. The number of amides is 1. The number of rotatable bonds is 6. The zero-order valence-corrected chi connectivity index (χ0v) is 18.3. The van der Waals surface area contributed by atoms with E-state index in [4.69, 9.17) is 0 Å². The Morgan fingerprint density at radius 3 is 2.31 bits per heavy atom. The van der Waals surface area contributed by atoms with Crippen LogP contribution in [0.15, 0.2) is 84.4 Å². The predicted molar refractivity (Wildman–Crippen MR) is 122 cm³/mol. The molecule has 32 heavy (non-hydrogen) atoms. The first-order valence-electron chi connectivity index (χ1n) is 9.78. The van der Waals surface area contributed by atoms with Gasteiger partial charge in [-0.1, -0.05) is 6.07 Å². The van der Waals surface area contributed by atoms with Crippen molar-refractivity contribution in [2.45, 2.75) is 18.7 Å². The molecule has 4 aromatic rings. The third kappa shape index (κ3) is 4.68. The van der Waals surface area contributed by atoms with Crippen LogP contribution in [-0.2, 0) is 10.0 Å². The van der Waals surface area contributed by atoms with Crippen LogP contribution in [0.1, 0.15) is 21.5 Å². The fourth-order valence-corrected chi connectivity index (χ4v) is 4.06. The summed E-state index contributed by atoms with van der Waals surface area (Å²) in [5.41, 5.74) is 3.40. The SMILES string of the molecule is Cc1ccc(NS(=O)(=O)c2ccc(C(=O)Nc3ccc(-n4ccnc4)nc3)cc2)cc1C. The second kappa shape index (κ2) is 8.64. The van der Waals surface area contributed by atoms with Crippen molar-refractivity contribution in [3.63, 3.8) is 0 Å². The molecule has 0 atom stereocenters. The number of aromatic nitrogens is 3. The largest absolute Gasteiger partial charge is 0.321 e. The Morgan fingerprint density at radius 2 is 1.69 bits per heavy atom. The number of carbonyl (C=O) groups excluding carboxylic acids is 1. The Balaban J connectivity index is 1.44. The van der Waals surface area contributed by atoms with Gasteiger partial charge in [0.25, 0.3) is 15.9 Å². The number of carbonyl (C=O) groups is 1. The summed E-state index contributed by atoms with van der Waals surface area (Å²) in [5, 5.41) is 2.75. The molecule has 9 heteroatoms. The van der Waals surface area contributed by atoms with Crippen molar-refractivity contribution in [1.82, 2.24) is 14.5 Å². The van der Waals surface area contributed by atoms with Gasteiger partial charge in [0.15, 0.2) is 0 Å². The molecule has 0 aliphatic heterocycles. The van der Waals surface area contributed by atoms with E-state index in [1.165, 1.54) is 24.3 Å². The van der Waals surface area contributed by atoms with Crippen LogP contribution in [0.3, 0.4) is 0 Å². The van der Waals surface area contributed by atoms with E-state index in [2.05, 4.69) is 20.0 Å². The molecule has 0 saturated carbocycles. The number of anilines is 2. The number of sulfonamides is 1. The number of imidazole rings is 1. The molecule has 162 valence electrons. The molecular formula is C23H21N5O3S. The van der Waals surface area contributed by atoms with Crippen molar-refractivity contribution < 1.29 is 13.2 Å². The maximum absolute atomic E-state index is 12.7. The van der Waals surface area contributed by atoms with Gasteiger partial charge in [0.2, 0.25) is 0 Å². The van der Waals surface area contributed by atoms with Gasteiger partial charge in [-0.2, -0.15) is 0 Å². The fourth-order valence-electron chi connectivity index (χ4n) is 3.02. The smallest absolute Gasteiger partial charge is 0.261 e. The molecule has 0 bridgehead atoms. The normalized spacial score (nSPS) is 11.2. The lowest BCUT2D eigenvalue weighted by atomic mass is 10.1. The second-order valence-corrected chi connectivity index (χ2v) is 8.94. The number of hydrogen-bond acceptors (Lipinski definition) is 5. The third-order valence-electron chi connectivity index (χ3n) is 4.96. The molecule has 0 saturated heterocycles. The van der Waals surface area contributed by atoms with Crippen LogP contribution in [-0.4, -0.2) is 28.9 Å². The number of nitrogens with one attached hydrogen (secondary N) is 2. The van der Waals surface area contributed by atoms with Crippen molar-refractivity contribution in [2.75, 3.05) is 10.0 Å². The molecule has 0 aliphatic carbocycles. The Kier molecular flexibility index (Phi) is 5.74. The lowest BCUT2D eigenvalue weighted by Gasteiger charge is -2.11. The van der Waals surface area contributed by atoms with Crippen LogP contribution in [0.5, 0.6) is 0 Å². The highest BCUT2D eigenvalue weighted by molar-refractivity contribution is 7.92. The van der Waals surface area contributed by atoms with Gasteiger partial charge in [0.05, 0.1) is 16.8 Å². The summed E-state index contributed by atoms with van der Waals surface area (Å²) in [7, 11) is -3.77.